The first-order chi connectivity index (χ1) is 11.2. The zero-order chi connectivity index (χ0) is 17.7. The number of benzene rings is 2. The van der Waals surface area contributed by atoms with Crippen molar-refractivity contribution >= 4 is 11.6 Å². The van der Waals surface area contributed by atoms with Crippen LogP contribution in [-0.2, 0) is 16.6 Å². The predicted molar refractivity (Wildman–Crippen MR) is 76.6 cm³/mol. The van der Waals surface area contributed by atoms with E-state index in [0.29, 0.717) is 12.1 Å². The molecule has 0 unspecified atom stereocenters. The molecule has 2 aromatic rings. The van der Waals surface area contributed by atoms with Gasteiger partial charge < -0.3 is 15.2 Å². The zero-order valence-electron chi connectivity index (χ0n) is 12.2. The number of methoxy groups -OCH3 is 1. The number of carbonyl (C=O) groups excluding carboxylic acids is 1. The van der Waals surface area contributed by atoms with Gasteiger partial charge in [0, 0.05) is 16.8 Å². The third kappa shape index (κ3) is 2.26. The predicted octanol–water partition coefficient (Wildman–Crippen LogP) is 3.58. The second kappa shape index (κ2) is 5.12. The molecule has 0 saturated heterocycles. The smallest absolute Gasteiger partial charge is 0.416 e. The number of halogens is 4. The van der Waals surface area contributed by atoms with Crippen molar-refractivity contribution in [1.29, 1.82) is 0 Å². The highest BCUT2D eigenvalue weighted by atomic mass is 19.4. The number of nitrogens with one attached hydrogen (secondary N) is 1. The van der Waals surface area contributed by atoms with Crippen LogP contribution >= 0.6 is 0 Å². The average Bonchev–Trinajstić information content (AvgIpc) is 2.78. The molecule has 0 bridgehead atoms. The van der Waals surface area contributed by atoms with E-state index in [9.17, 15) is 23.1 Å². The fourth-order valence-corrected chi connectivity index (χ4v) is 2.69. The van der Waals surface area contributed by atoms with Crippen molar-refractivity contribution < 1.29 is 32.2 Å². The van der Waals surface area contributed by atoms with Crippen molar-refractivity contribution in [2.75, 3.05) is 12.4 Å². The highest BCUT2D eigenvalue weighted by Gasteiger charge is 2.51. The quantitative estimate of drug-likeness (QED) is 0.821. The van der Waals surface area contributed by atoms with Crippen LogP contribution in [-0.4, -0.2) is 18.1 Å². The number of carbonyl (C=O) groups is 1. The number of fused-ring (bicyclic) bond motifs is 1. The van der Waals surface area contributed by atoms with Crippen molar-refractivity contribution in [2.24, 2.45) is 0 Å². The van der Waals surface area contributed by atoms with E-state index in [0.717, 1.165) is 12.1 Å². The Kier molecular flexibility index (Phi) is 3.43. The summed E-state index contributed by atoms with van der Waals surface area (Å²) in [6.07, 6.45) is -4.62. The standard InChI is InChI=1S/C16H11F4NO3/c1-24-13-5-3-9(22)7-11(13)15(17)10-4-2-8(16(18,19)20)6-12(10)21-14(15)23/h2-7,22H,1H3,(H,21,23)/t15-/m1/s1. The molecule has 1 aliphatic heterocycles. The molecule has 0 aliphatic carbocycles. The Morgan fingerprint density at radius 2 is 1.83 bits per heavy atom. The summed E-state index contributed by atoms with van der Waals surface area (Å²) in [5.74, 6) is -1.48. The summed E-state index contributed by atoms with van der Waals surface area (Å²) < 4.78 is 59.0. The van der Waals surface area contributed by atoms with Crippen LogP contribution in [0.3, 0.4) is 0 Å². The minimum Gasteiger partial charge on any atom is -0.508 e. The molecule has 1 atom stereocenters. The molecular weight excluding hydrogens is 330 g/mol. The van der Waals surface area contributed by atoms with Gasteiger partial charge in [-0.25, -0.2) is 4.39 Å². The molecule has 0 fully saturated rings. The van der Waals surface area contributed by atoms with Crippen molar-refractivity contribution in [2.45, 2.75) is 11.8 Å². The van der Waals surface area contributed by atoms with Gasteiger partial charge in [0.1, 0.15) is 11.5 Å². The molecule has 0 radical (unpaired) electrons. The fraction of sp³-hybridized carbons (Fsp3) is 0.188. The van der Waals surface area contributed by atoms with Crippen molar-refractivity contribution in [3.8, 4) is 11.5 Å². The van der Waals surface area contributed by atoms with Gasteiger partial charge >= 0.3 is 6.18 Å². The van der Waals surface area contributed by atoms with E-state index in [4.69, 9.17) is 4.74 Å². The Balaban J connectivity index is 2.21. The molecule has 0 spiro atoms. The van der Waals surface area contributed by atoms with E-state index >= 15 is 4.39 Å². The minimum atomic E-state index is -4.62. The number of anilines is 1. The summed E-state index contributed by atoms with van der Waals surface area (Å²) in [4.78, 5) is 12.2. The molecule has 3 rings (SSSR count). The maximum absolute atomic E-state index is 15.6. The van der Waals surface area contributed by atoms with E-state index < -0.39 is 23.3 Å². The van der Waals surface area contributed by atoms with E-state index in [1.807, 2.05) is 0 Å². The Bertz CT molecular complexity index is 835. The van der Waals surface area contributed by atoms with Crippen LogP contribution in [0.25, 0.3) is 0 Å². The fourth-order valence-electron chi connectivity index (χ4n) is 2.69. The van der Waals surface area contributed by atoms with Crippen molar-refractivity contribution in [3.63, 3.8) is 0 Å². The van der Waals surface area contributed by atoms with Crippen LogP contribution in [0.2, 0.25) is 0 Å². The third-order valence-electron chi connectivity index (χ3n) is 3.83. The van der Waals surface area contributed by atoms with Gasteiger partial charge in [-0.3, -0.25) is 4.79 Å². The molecule has 126 valence electrons. The summed E-state index contributed by atoms with van der Waals surface area (Å²) in [5.41, 5.74) is -4.62. The lowest BCUT2D eigenvalue weighted by atomic mass is 9.88. The van der Waals surface area contributed by atoms with E-state index in [-0.39, 0.29) is 28.3 Å². The molecule has 2 N–H and O–H groups in total. The van der Waals surface area contributed by atoms with Gasteiger partial charge in [0.15, 0.2) is 0 Å². The largest absolute Gasteiger partial charge is 0.508 e. The average molecular weight is 341 g/mol. The van der Waals surface area contributed by atoms with Crippen LogP contribution in [0.5, 0.6) is 11.5 Å². The summed E-state index contributed by atoms with van der Waals surface area (Å²) in [5, 5.41) is 11.7. The Morgan fingerprint density at radius 1 is 1.12 bits per heavy atom. The minimum absolute atomic E-state index is 0.0156. The Labute approximate surface area is 133 Å². The van der Waals surface area contributed by atoms with Crippen molar-refractivity contribution in [3.05, 3.63) is 53.1 Å². The van der Waals surface area contributed by atoms with Crippen LogP contribution in [0.4, 0.5) is 23.2 Å². The van der Waals surface area contributed by atoms with Crippen LogP contribution in [0, 0.1) is 0 Å². The lowest BCUT2D eigenvalue weighted by molar-refractivity contribution is -0.137. The Morgan fingerprint density at radius 3 is 2.46 bits per heavy atom. The van der Waals surface area contributed by atoms with E-state index in [2.05, 4.69) is 5.32 Å². The van der Waals surface area contributed by atoms with Crippen LogP contribution < -0.4 is 10.1 Å². The molecule has 0 aromatic heterocycles. The molecule has 24 heavy (non-hydrogen) atoms. The number of phenols is 1. The van der Waals surface area contributed by atoms with Gasteiger partial charge in [-0.1, -0.05) is 6.07 Å². The first-order valence-electron chi connectivity index (χ1n) is 6.77. The lowest BCUT2D eigenvalue weighted by Crippen LogP contribution is -2.31. The number of hydrogen-bond donors (Lipinski definition) is 2. The Hall–Kier alpha value is -2.77. The maximum Gasteiger partial charge on any atom is 0.416 e. The number of alkyl halides is 4. The van der Waals surface area contributed by atoms with Gasteiger partial charge in [-0.2, -0.15) is 13.2 Å². The number of rotatable bonds is 2. The second-order valence-corrected chi connectivity index (χ2v) is 5.26. The first kappa shape index (κ1) is 16.1. The number of aromatic hydroxyl groups is 1. The molecule has 1 heterocycles. The normalized spacial score (nSPS) is 19.8. The molecule has 4 nitrogen and oxygen atoms in total. The van der Waals surface area contributed by atoms with Gasteiger partial charge in [-0.05, 0) is 30.3 Å². The molecule has 1 aliphatic rings. The van der Waals surface area contributed by atoms with Crippen LogP contribution in [0.15, 0.2) is 36.4 Å². The molecule has 0 saturated carbocycles. The topological polar surface area (TPSA) is 58.6 Å². The molecular formula is C16H11F4NO3. The summed E-state index contributed by atoms with van der Waals surface area (Å²) >= 11 is 0. The van der Waals surface area contributed by atoms with E-state index in [1.165, 1.54) is 19.2 Å². The zero-order valence-corrected chi connectivity index (χ0v) is 12.2. The van der Waals surface area contributed by atoms with E-state index in [1.54, 1.807) is 0 Å². The SMILES string of the molecule is COc1ccc(O)cc1[C@@]1(F)C(=O)Nc2cc(C(F)(F)F)ccc21. The number of hydrogen-bond acceptors (Lipinski definition) is 3. The summed E-state index contributed by atoms with van der Waals surface area (Å²) in [6.45, 7) is 0. The third-order valence-corrected chi connectivity index (χ3v) is 3.83. The maximum atomic E-state index is 15.6. The van der Waals surface area contributed by atoms with Crippen LogP contribution in [0.1, 0.15) is 16.7 Å². The molecule has 2 aromatic carbocycles. The number of ether oxygens (including phenoxy) is 1. The lowest BCUT2D eigenvalue weighted by Gasteiger charge is -2.21. The first-order valence-corrected chi connectivity index (χ1v) is 6.77. The van der Waals surface area contributed by atoms with Gasteiger partial charge in [0.2, 0.25) is 5.67 Å². The molecule has 8 heteroatoms. The van der Waals surface area contributed by atoms with Gasteiger partial charge in [0.05, 0.1) is 12.7 Å². The van der Waals surface area contributed by atoms with Gasteiger partial charge in [-0.15, -0.1) is 0 Å². The van der Waals surface area contributed by atoms with Crippen molar-refractivity contribution in [1.82, 2.24) is 0 Å². The number of phenolic OH excluding ortho intramolecular Hbond substituents is 1. The second-order valence-electron chi connectivity index (χ2n) is 5.26. The summed E-state index contributed by atoms with van der Waals surface area (Å²) in [7, 11) is 1.25. The highest BCUT2D eigenvalue weighted by molar-refractivity contribution is 6.08. The highest BCUT2D eigenvalue weighted by Crippen LogP contribution is 2.49. The monoisotopic (exact) mass is 341 g/mol. The summed E-state index contributed by atoms with van der Waals surface area (Å²) in [6, 6.07) is 5.78. The number of amides is 1. The molecule has 1 amide bonds. The van der Waals surface area contributed by atoms with Gasteiger partial charge in [0.25, 0.3) is 5.91 Å².